The quantitative estimate of drug-likeness (QED) is 0.142. The van der Waals surface area contributed by atoms with Gasteiger partial charge in [-0.2, -0.15) is 0 Å². The average Bonchev–Trinajstić information content (AvgIpc) is 3.79. The number of carbonyl (C=O) groups is 3. The lowest BCUT2D eigenvalue weighted by atomic mass is 9.98. The van der Waals surface area contributed by atoms with Crippen LogP contribution >= 0.6 is 22.7 Å². The number of alkyl carbamates (subject to hydrolysis) is 2. The van der Waals surface area contributed by atoms with E-state index in [1.165, 1.54) is 11.1 Å². The van der Waals surface area contributed by atoms with Crippen LogP contribution in [0.25, 0.3) is 11.1 Å². The molecular formula is C36H41N3O5S2. The summed E-state index contributed by atoms with van der Waals surface area (Å²) >= 11 is 3.19. The molecule has 4 aromatic rings. The van der Waals surface area contributed by atoms with Gasteiger partial charge in [-0.15, -0.1) is 22.7 Å². The molecule has 0 radical (unpaired) electrons. The minimum Gasteiger partial charge on any atom is -0.449 e. The van der Waals surface area contributed by atoms with E-state index in [9.17, 15) is 14.4 Å². The van der Waals surface area contributed by atoms with Gasteiger partial charge in [-0.3, -0.25) is 4.79 Å². The summed E-state index contributed by atoms with van der Waals surface area (Å²) in [6.07, 6.45) is 0.506. The minimum absolute atomic E-state index is 0.00449. The Morgan fingerprint density at radius 1 is 0.804 bits per heavy atom. The van der Waals surface area contributed by atoms with Gasteiger partial charge in [0.15, 0.2) is 0 Å². The van der Waals surface area contributed by atoms with Gasteiger partial charge in [0, 0.05) is 22.2 Å². The molecule has 0 bridgehead atoms. The van der Waals surface area contributed by atoms with E-state index in [0.717, 1.165) is 20.9 Å². The summed E-state index contributed by atoms with van der Waals surface area (Å²) in [5.74, 6) is -0.174. The number of carbonyl (C=O) groups excluding carboxylic acids is 3. The monoisotopic (exact) mass is 659 g/mol. The highest BCUT2D eigenvalue weighted by molar-refractivity contribution is 7.10. The summed E-state index contributed by atoms with van der Waals surface area (Å²) in [6, 6.07) is 23.6. The van der Waals surface area contributed by atoms with Gasteiger partial charge in [0.1, 0.15) is 18.2 Å². The maximum atomic E-state index is 13.9. The van der Waals surface area contributed by atoms with Crippen molar-refractivity contribution in [1.29, 1.82) is 0 Å². The van der Waals surface area contributed by atoms with Crippen molar-refractivity contribution in [3.8, 4) is 11.1 Å². The van der Waals surface area contributed by atoms with Crippen molar-refractivity contribution in [3.05, 3.63) is 104 Å². The zero-order valence-corrected chi connectivity index (χ0v) is 28.1. The highest BCUT2D eigenvalue weighted by Crippen LogP contribution is 2.44. The van der Waals surface area contributed by atoms with Crippen molar-refractivity contribution >= 4 is 40.8 Å². The first-order valence-corrected chi connectivity index (χ1v) is 17.4. The number of nitrogens with one attached hydrogen (secondary N) is 2. The molecule has 2 aromatic carbocycles. The lowest BCUT2D eigenvalue weighted by Gasteiger charge is -2.28. The first-order chi connectivity index (χ1) is 22.2. The SMILES string of the molecule is CC(C)(C)OC(=O)N[C@@H](CCCCNC(=O)OCC1c2ccccc2-c2ccccc21)C(=O)N(Cc1cccs1)Cc1cccs1. The smallest absolute Gasteiger partial charge is 0.408 e. The molecule has 0 saturated carbocycles. The molecule has 5 rings (SSSR count). The number of rotatable bonds is 13. The predicted octanol–water partition coefficient (Wildman–Crippen LogP) is 7.94. The van der Waals surface area contributed by atoms with Gasteiger partial charge in [0.05, 0.1) is 13.1 Å². The molecule has 2 heterocycles. The number of hydrogen-bond donors (Lipinski definition) is 2. The second-order valence-electron chi connectivity index (χ2n) is 12.3. The van der Waals surface area contributed by atoms with Gasteiger partial charge in [-0.25, -0.2) is 9.59 Å². The third-order valence-electron chi connectivity index (χ3n) is 7.69. The molecule has 1 atom stereocenters. The fourth-order valence-corrected chi connectivity index (χ4v) is 7.07. The lowest BCUT2D eigenvalue weighted by Crippen LogP contribution is -2.49. The Bertz CT molecular complexity index is 1520. The van der Waals surface area contributed by atoms with Crippen LogP contribution in [0, 0.1) is 0 Å². The summed E-state index contributed by atoms with van der Waals surface area (Å²) in [5, 5.41) is 9.65. The molecule has 1 aliphatic rings. The normalized spacial score (nSPS) is 12.9. The molecule has 10 heteroatoms. The predicted molar refractivity (Wildman–Crippen MR) is 183 cm³/mol. The molecule has 242 valence electrons. The van der Waals surface area contributed by atoms with Gasteiger partial charge >= 0.3 is 12.2 Å². The maximum Gasteiger partial charge on any atom is 0.408 e. The summed E-state index contributed by atoms with van der Waals surface area (Å²) in [7, 11) is 0. The molecule has 0 spiro atoms. The van der Waals surface area contributed by atoms with Crippen LogP contribution in [-0.4, -0.2) is 47.8 Å². The molecule has 46 heavy (non-hydrogen) atoms. The second-order valence-corrected chi connectivity index (χ2v) is 14.4. The Labute approximate surface area is 278 Å². The Morgan fingerprint density at radius 3 is 1.93 bits per heavy atom. The molecule has 3 amide bonds. The Balaban J connectivity index is 1.14. The van der Waals surface area contributed by atoms with Crippen molar-refractivity contribution in [2.75, 3.05) is 13.2 Å². The van der Waals surface area contributed by atoms with Gasteiger partial charge < -0.3 is 25.0 Å². The third-order valence-corrected chi connectivity index (χ3v) is 9.41. The van der Waals surface area contributed by atoms with E-state index in [1.54, 1.807) is 48.3 Å². The first-order valence-electron chi connectivity index (χ1n) is 15.6. The van der Waals surface area contributed by atoms with Crippen LogP contribution in [0.2, 0.25) is 0 Å². The molecule has 0 fully saturated rings. The second kappa shape index (κ2) is 15.4. The van der Waals surface area contributed by atoms with Crippen LogP contribution in [0.15, 0.2) is 83.6 Å². The summed E-state index contributed by atoms with van der Waals surface area (Å²) in [6.45, 7) is 6.90. The third kappa shape index (κ3) is 8.98. The van der Waals surface area contributed by atoms with Crippen molar-refractivity contribution in [3.63, 3.8) is 0 Å². The first kappa shape index (κ1) is 33.2. The van der Waals surface area contributed by atoms with E-state index in [1.807, 2.05) is 59.3 Å². The van der Waals surface area contributed by atoms with Crippen molar-refractivity contribution < 1.29 is 23.9 Å². The van der Waals surface area contributed by atoms with E-state index in [-0.39, 0.29) is 18.4 Å². The van der Waals surface area contributed by atoms with Crippen LogP contribution in [0.3, 0.4) is 0 Å². The molecule has 0 unspecified atom stereocenters. The zero-order chi connectivity index (χ0) is 32.5. The van der Waals surface area contributed by atoms with Gasteiger partial charge in [0.25, 0.3) is 0 Å². The lowest BCUT2D eigenvalue weighted by molar-refractivity contribution is -0.134. The maximum absolute atomic E-state index is 13.9. The number of unbranched alkanes of at least 4 members (excludes halogenated alkanes) is 1. The van der Waals surface area contributed by atoms with Crippen LogP contribution in [0.4, 0.5) is 9.59 Å². The number of fused-ring (bicyclic) bond motifs is 3. The molecule has 8 nitrogen and oxygen atoms in total. The van der Waals surface area contributed by atoms with Crippen LogP contribution in [0.1, 0.15) is 66.8 Å². The Hall–Kier alpha value is -4.15. The number of nitrogens with zero attached hydrogens (tertiary/aromatic N) is 1. The summed E-state index contributed by atoms with van der Waals surface area (Å²) < 4.78 is 11.1. The van der Waals surface area contributed by atoms with E-state index < -0.39 is 23.8 Å². The average molecular weight is 660 g/mol. The van der Waals surface area contributed by atoms with Crippen LogP contribution in [-0.2, 0) is 27.4 Å². The Morgan fingerprint density at radius 2 is 1.39 bits per heavy atom. The Kier molecular flexibility index (Phi) is 11.1. The minimum atomic E-state index is -0.774. The summed E-state index contributed by atoms with van der Waals surface area (Å²) in [4.78, 5) is 43.2. The summed E-state index contributed by atoms with van der Waals surface area (Å²) in [5.41, 5.74) is 3.99. The van der Waals surface area contributed by atoms with Crippen LogP contribution in [0.5, 0.6) is 0 Å². The molecule has 2 aromatic heterocycles. The van der Waals surface area contributed by atoms with E-state index in [0.29, 0.717) is 38.9 Å². The standard InChI is InChI=1S/C36H41N3O5S2/c1-36(2,3)44-35(42)38-32(33(40)39(22-25-12-10-20-45-25)23-26-13-11-21-46-26)18-8-9-19-37-34(41)43-24-31-29-16-6-4-14-27(29)28-15-5-7-17-30(28)31/h4-7,10-17,20-21,31-32H,8-9,18-19,22-24H2,1-3H3,(H,37,41)(H,38,42)/t32-/m0/s1. The number of ether oxygens (including phenoxy) is 2. The van der Waals surface area contributed by atoms with Gasteiger partial charge in [0.2, 0.25) is 5.91 Å². The highest BCUT2D eigenvalue weighted by Gasteiger charge is 2.30. The molecule has 2 N–H and O–H groups in total. The molecule has 1 aliphatic carbocycles. The van der Waals surface area contributed by atoms with Gasteiger partial charge in [-0.05, 0) is 85.2 Å². The van der Waals surface area contributed by atoms with Crippen molar-refractivity contribution in [2.45, 2.75) is 70.7 Å². The van der Waals surface area contributed by atoms with Gasteiger partial charge in [-0.1, -0.05) is 60.7 Å². The van der Waals surface area contributed by atoms with Crippen molar-refractivity contribution in [1.82, 2.24) is 15.5 Å². The van der Waals surface area contributed by atoms with E-state index in [4.69, 9.17) is 9.47 Å². The molecular weight excluding hydrogens is 619 g/mol. The number of amides is 3. The zero-order valence-electron chi connectivity index (χ0n) is 26.5. The number of benzene rings is 2. The molecule has 0 saturated heterocycles. The fraction of sp³-hybridized carbons (Fsp3) is 0.361. The highest BCUT2D eigenvalue weighted by atomic mass is 32.1. The van der Waals surface area contributed by atoms with E-state index >= 15 is 0 Å². The number of hydrogen-bond acceptors (Lipinski definition) is 7. The largest absolute Gasteiger partial charge is 0.449 e. The fourth-order valence-electron chi connectivity index (χ4n) is 5.63. The molecule has 0 aliphatic heterocycles. The topological polar surface area (TPSA) is 97.0 Å². The van der Waals surface area contributed by atoms with Crippen molar-refractivity contribution in [2.24, 2.45) is 0 Å². The van der Waals surface area contributed by atoms with E-state index in [2.05, 4.69) is 34.9 Å². The van der Waals surface area contributed by atoms with Crippen LogP contribution < -0.4 is 10.6 Å². The number of thiophene rings is 2.